The van der Waals surface area contributed by atoms with Crippen LogP contribution in [0.2, 0.25) is 0 Å². The van der Waals surface area contributed by atoms with Crippen LogP contribution in [-0.2, 0) is 9.47 Å². The Balaban J connectivity index is 1.61. The van der Waals surface area contributed by atoms with E-state index in [0.717, 1.165) is 11.1 Å². The molecule has 0 aromatic heterocycles. The van der Waals surface area contributed by atoms with Crippen LogP contribution in [0, 0.1) is 11.8 Å². The van der Waals surface area contributed by atoms with Gasteiger partial charge in [-0.2, -0.15) is 0 Å². The van der Waals surface area contributed by atoms with Gasteiger partial charge < -0.3 is 33.2 Å². The van der Waals surface area contributed by atoms with E-state index in [1.54, 1.807) is 35.5 Å². The summed E-state index contributed by atoms with van der Waals surface area (Å²) < 4.78 is 39.7. The standard InChI is InChI=1S/C23H28O7/c1-24-17-7-6-13(8-18(17)25-2)21-15-11-30-22(16(15)12-29-21)14-9-19(26-3)23(28-5)20(10-14)27-4/h6-10,15-16,21-22H,11-12H2,1-5H3/t15-,16-,21+,22+/m1/s1. The van der Waals surface area contributed by atoms with E-state index < -0.39 is 0 Å². The van der Waals surface area contributed by atoms with Crippen molar-refractivity contribution in [3.8, 4) is 28.7 Å². The molecule has 0 aliphatic carbocycles. The topological polar surface area (TPSA) is 64.6 Å². The summed E-state index contributed by atoms with van der Waals surface area (Å²) in [7, 11) is 8.10. The maximum Gasteiger partial charge on any atom is 0.203 e. The molecule has 7 heteroatoms. The Labute approximate surface area is 176 Å². The second-order valence-corrected chi connectivity index (χ2v) is 7.41. The molecule has 0 amide bonds. The third-order valence-electron chi connectivity index (χ3n) is 6.02. The zero-order valence-electron chi connectivity index (χ0n) is 18.0. The lowest BCUT2D eigenvalue weighted by Gasteiger charge is -2.20. The van der Waals surface area contributed by atoms with Crippen LogP contribution in [0.4, 0.5) is 0 Å². The van der Waals surface area contributed by atoms with Gasteiger partial charge in [0.1, 0.15) is 0 Å². The van der Waals surface area contributed by atoms with E-state index in [-0.39, 0.29) is 24.0 Å². The molecule has 2 fully saturated rings. The molecular formula is C23H28O7. The summed E-state index contributed by atoms with van der Waals surface area (Å²) in [6, 6.07) is 9.84. The number of hydrogen-bond acceptors (Lipinski definition) is 7. The molecule has 30 heavy (non-hydrogen) atoms. The van der Waals surface area contributed by atoms with Gasteiger partial charge in [-0.15, -0.1) is 0 Å². The minimum atomic E-state index is -0.103. The molecule has 0 unspecified atom stereocenters. The van der Waals surface area contributed by atoms with Crippen molar-refractivity contribution in [3.63, 3.8) is 0 Å². The highest BCUT2D eigenvalue weighted by Crippen LogP contribution is 2.52. The van der Waals surface area contributed by atoms with Crippen LogP contribution >= 0.6 is 0 Å². The highest BCUT2D eigenvalue weighted by Gasteiger charge is 2.48. The van der Waals surface area contributed by atoms with Gasteiger partial charge in [-0.25, -0.2) is 0 Å². The zero-order chi connectivity index (χ0) is 21.3. The summed E-state index contributed by atoms with van der Waals surface area (Å²) >= 11 is 0. The monoisotopic (exact) mass is 416 g/mol. The zero-order valence-corrected chi connectivity index (χ0v) is 18.0. The van der Waals surface area contributed by atoms with Gasteiger partial charge >= 0.3 is 0 Å². The predicted molar refractivity (Wildman–Crippen MR) is 110 cm³/mol. The van der Waals surface area contributed by atoms with Crippen LogP contribution in [0.5, 0.6) is 28.7 Å². The molecule has 2 aromatic carbocycles. The molecule has 0 saturated carbocycles. The van der Waals surface area contributed by atoms with E-state index in [2.05, 4.69) is 0 Å². The highest BCUT2D eigenvalue weighted by molar-refractivity contribution is 5.54. The van der Waals surface area contributed by atoms with E-state index in [4.69, 9.17) is 33.2 Å². The molecule has 4 atom stereocenters. The lowest BCUT2D eigenvalue weighted by Crippen LogP contribution is -2.15. The van der Waals surface area contributed by atoms with Crippen LogP contribution in [0.3, 0.4) is 0 Å². The quantitative estimate of drug-likeness (QED) is 0.680. The molecule has 0 radical (unpaired) electrons. The van der Waals surface area contributed by atoms with Crippen molar-refractivity contribution in [2.75, 3.05) is 48.8 Å². The molecular weight excluding hydrogens is 388 g/mol. The molecule has 2 saturated heterocycles. The fourth-order valence-electron chi connectivity index (χ4n) is 4.53. The van der Waals surface area contributed by atoms with Gasteiger partial charge in [-0.05, 0) is 35.4 Å². The van der Waals surface area contributed by atoms with Crippen molar-refractivity contribution in [1.29, 1.82) is 0 Å². The van der Waals surface area contributed by atoms with E-state index in [0.29, 0.717) is 42.0 Å². The third-order valence-corrected chi connectivity index (χ3v) is 6.02. The van der Waals surface area contributed by atoms with E-state index >= 15 is 0 Å². The molecule has 0 N–H and O–H groups in total. The second kappa shape index (κ2) is 8.62. The molecule has 0 spiro atoms. The first-order chi connectivity index (χ1) is 14.6. The van der Waals surface area contributed by atoms with Crippen molar-refractivity contribution in [2.45, 2.75) is 12.2 Å². The minimum absolute atomic E-state index is 0.0538. The average molecular weight is 416 g/mol. The lowest BCUT2D eigenvalue weighted by molar-refractivity contribution is 0.0191. The normalized spacial score (nSPS) is 25.0. The Hall–Kier alpha value is -2.64. The molecule has 7 nitrogen and oxygen atoms in total. The first-order valence-corrected chi connectivity index (χ1v) is 9.90. The van der Waals surface area contributed by atoms with E-state index in [1.807, 2.05) is 30.3 Å². The predicted octanol–water partition coefficient (Wildman–Crippen LogP) is 3.80. The van der Waals surface area contributed by atoms with E-state index in [9.17, 15) is 0 Å². The SMILES string of the molecule is COc1ccc([C@@H]2OC[C@@H]3[C@H]2CO[C@H]3c2cc(OC)c(OC)c(OC)c2)cc1OC. The summed E-state index contributed by atoms with van der Waals surface area (Å²) in [5.74, 6) is 3.68. The van der Waals surface area contributed by atoms with Gasteiger partial charge in [0.2, 0.25) is 5.75 Å². The Kier molecular flexibility index (Phi) is 5.92. The maximum absolute atomic E-state index is 6.24. The molecule has 2 aliphatic heterocycles. The number of hydrogen-bond donors (Lipinski definition) is 0. The summed E-state index contributed by atoms with van der Waals surface area (Å²) in [4.78, 5) is 0. The lowest BCUT2D eigenvalue weighted by atomic mass is 9.84. The number of fused-ring (bicyclic) bond motifs is 1. The van der Waals surface area contributed by atoms with Crippen LogP contribution in [-0.4, -0.2) is 48.8 Å². The number of ether oxygens (including phenoxy) is 7. The molecule has 162 valence electrons. The average Bonchev–Trinajstić information content (AvgIpc) is 3.39. The van der Waals surface area contributed by atoms with Gasteiger partial charge in [-0.1, -0.05) is 6.07 Å². The van der Waals surface area contributed by atoms with Crippen LogP contribution in [0.1, 0.15) is 23.3 Å². The molecule has 2 heterocycles. The van der Waals surface area contributed by atoms with Gasteiger partial charge in [0.15, 0.2) is 23.0 Å². The number of rotatable bonds is 7. The number of benzene rings is 2. The summed E-state index contributed by atoms with van der Waals surface area (Å²) in [5.41, 5.74) is 2.06. The Bertz CT molecular complexity index is 872. The molecule has 2 aromatic rings. The van der Waals surface area contributed by atoms with Crippen molar-refractivity contribution >= 4 is 0 Å². The largest absolute Gasteiger partial charge is 0.493 e. The van der Waals surface area contributed by atoms with Gasteiger partial charge in [0.25, 0.3) is 0 Å². The van der Waals surface area contributed by atoms with Crippen molar-refractivity contribution < 1.29 is 33.2 Å². The first-order valence-electron chi connectivity index (χ1n) is 9.90. The van der Waals surface area contributed by atoms with Crippen molar-refractivity contribution in [2.24, 2.45) is 11.8 Å². The van der Waals surface area contributed by atoms with Crippen molar-refractivity contribution in [3.05, 3.63) is 41.5 Å². The fourth-order valence-corrected chi connectivity index (χ4v) is 4.53. The molecule has 0 bridgehead atoms. The number of methoxy groups -OCH3 is 5. The fraction of sp³-hybridized carbons (Fsp3) is 0.478. The highest BCUT2D eigenvalue weighted by atomic mass is 16.5. The molecule has 2 aliphatic rings. The summed E-state index contributed by atoms with van der Waals surface area (Å²) in [5, 5.41) is 0. The molecule has 4 rings (SSSR count). The Morgan fingerprint density at radius 3 is 1.60 bits per heavy atom. The second-order valence-electron chi connectivity index (χ2n) is 7.41. The Morgan fingerprint density at radius 1 is 0.600 bits per heavy atom. The van der Waals surface area contributed by atoms with Gasteiger partial charge in [-0.3, -0.25) is 0 Å². The summed E-state index contributed by atoms with van der Waals surface area (Å²) in [6.07, 6.45) is -0.157. The Morgan fingerprint density at radius 2 is 1.10 bits per heavy atom. The van der Waals surface area contributed by atoms with Gasteiger partial charge in [0.05, 0.1) is 61.0 Å². The van der Waals surface area contributed by atoms with E-state index in [1.165, 1.54) is 0 Å². The third kappa shape index (κ3) is 3.42. The smallest absolute Gasteiger partial charge is 0.203 e. The first kappa shape index (κ1) is 20.6. The van der Waals surface area contributed by atoms with Gasteiger partial charge in [0, 0.05) is 11.8 Å². The van der Waals surface area contributed by atoms with Crippen molar-refractivity contribution in [1.82, 2.24) is 0 Å². The van der Waals surface area contributed by atoms with Crippen LogP contribution in [0.15, 0.2) is 30.3 Å². The minimum Gasteiger partial charge on any atom is -0.493 e. The van der Waals surface area contributed by atoms with Crippen LogP contribution < -0.4 is 23.7 Å². The van der Waals surface area contributed by atoms with Crippen LogP contribution in [0.25, 0.3) is 0 Å². The maximum atomic E-state index is 6.24. The summed E-state index contributed by atoms with van der Waals surface area (Å²) in [6.45, 7) is 1.23.